The van der Waals surface area contributed by atoms with Crippen LogP contribution in [0.5, 0.6) is 0 Å². The van der Waals surface area contributed by atoms with Gasteiger partial charge in [-0.25, -0.2) is 9.97 Å². The normalized spacial score (nSPS) is 27.1. The summed E-state index contributed by atoms with van der Waals surface area (Å²) in [7, 11) is 3.52. The summed E-state index contributed by atoms with van der Waals surface area (Å²) >= 11 is 0. The number of pyridine rings is 1. The monoisotopic (exact) mass is 473 g/mol. The van der Waals surface area contributed by atoms with Gasteiger partial charge in [0, 0.05) is 61.4 Å². The van der Waals surface area contributed by atoms with Gasteiger partial charge in [-0.1, -0.05) is 0 Å². The average molecular weight is 474 g/mol. The summed E-state index contributed by atoms with van der Waals surface area (Å²) in [6.07, 6.45) is 7.49. The molecule has 7 rings (SSSR count). The smallest absolute Gasteiger partial charge is 0.257 e. The van der Waals surface area contributed by atoms with Gasteiger partial charge in [-0.05, 0) is 25.0 Å². The molecule has 180 valence electrons. The van der Waals surface area contributed by atoms with Crippen LogP contribution in [0.4, 0.5) is 5.82 Å². The Labute approximate surface area is 201 Å². The molecule has 2 aliphatic carbocycles. The molecule has 5 heterocycles. The number of carbonyl (C=O) groups is 1. The van der Waals surface area contributed by atoms with Crippen LogP contribution in [0.1, 0.15) is 29.2 Å². The van der Waals surface area contributed by atoms with E-state index >= 15 is 0 Å². The number of anilines is 1. The van der Waals surface area contributed by atoms with Gasteiger partial charge in [0.1, 0.15) is 17.0 Å². The van der Waals surface area contributed by atoms with Crippen molar-refractivity contribution < 1.29 is 14.3 Å². The molecular weight excluding hydrogens is 446 g/mol. The summed E-state index contributed by atoms with van der Waals surface area (Å²) in [6.45, 7) is 1.62. The third kappa shape index (κ3) is 3.09. The van der Waals surface area contributed by atoms with Crippen molar-refractivity contribution in [3.8, 4) is 11.3 Å². The summed E-state index contributed by atoms with van der Waals surface area (Å²) in [6, 6.07) is 6.43. The van der Waals surface area contributed by atoms with Gasteiger partial charge in [0.15, 0.2) is 5.65 Å². The van der Waals surface area contributed by atoms with Crippen LogP contribution in [-0.2, 0) is 9.47 Å². The number of amides is 1. The average Bonchev–Trinajstić information content (AvgIpc) is 3.29. The topological polar surface area (TPSA) is 108 Å². The molecule has 1 aliphatic heterocycles. The van der Waals surface area contributed by atoms with Crippen LogP contribution >= 0.6 is 0 Å². The fourth-order valence-electron chi connectivity index (χ4n) is 5.74. The molecule has 4 aromatic rings. The minimum Gasteiger partial charge on any atom is -0.381 e. The fraction of sp³-hybridized carbons (Fsp3) is 0.440. The fourth-order valence-corrected chi connectivity index (χ4v) is 5.74. The van der Waals surface area contributed by atoms with Crippen LogP contribution < -0.4 is 10.6 Å². The van der Waals surface area contributed by atoms with E-state index in [-0.39, 0.29) is 18.1 Å². The molecule has 4 aromatic heterocycles. The molecule has 0 aromatic carbocycles. The second-order valence-corrected chi connectivity index (χ2v) is 9.68. The Balaban J connectivity index is 1.32. The number of aromatic nitrogens is 5. The van der Waals surface area contributed by atoms with E-state index in [1.54, 1.807) is 17.8 Å². The first-order valence-corrected chi connectivity index (χ1v) is 12.1. The van der Waals surface area contributed by atoms with Crippen LogP contribution in [0.25, 0.3) is 27.9 Å². The summed E-state index contributed by atoms with van der Waals surface area (Å²) in [5, 5.41) is 11.8. The van der Waals surface area contributed by atoms with Crippen molar-refractivity contribution in [2.45, 2.75) is 31.0 Å². The Kier molecular flexibility index (Phi) is 4.62. The Morgan fingerprint density at radius 1 is 1.23 bits per heavy atom. The van der Waals surface area contributed by atoms with Gasteiger partial charge in [0.05, 0.1) is 37.3 Å². The number of hydrogen-bond acceptors (Lipinski definition) is 7. The van der Waals surface area contributed by atoms with Gasteiger partial charge < -0.3 is 24.7 Å². The number of ether oxygens (including phenoxy) is 2. The summed E-state index contributed by atoms with van der Waals surface area (Å²) in [5.41, 5.74) is 3.68. The Hall–Kier alpha value is -3.50. The first-order chi connectivity index (χ1) is 17.2. The number of carbonyl (C=O) groups excluding carboxylic acids is 1. The summed E-state index contributed by atoms with van der Waals surface area (Å²) in [5.74, 6) is 1.67. The lowest BCUT2D eigenvalue weighted by atomic mass is 9.89. The number of nitrogens with zero attached hydrogens (tertiary/aromatic N) is 5. The molecule has 1 saturated heterocycles. The minimum atomic E-state index is -0.187. The number of hydrogen-bond donors (Lipinski definition) is 2. The summed E-state index contributed by atoms with van der Waals surface area (Å²) < 4.78 is 15.0. The lowest BCUT2D eigenvalue weighted by molar-refractivity contribution is 0.00732. The predicted octanol–water partition coefficient (Wildman–Crippen LogP) is 2.51. The van der Waals surface area contributed by atoms with Gasteiger partial charge in [0.2, 0.25) is 0 Å². The Bertz CT molecular complexity index is 1450. The van der Waals surface area contributed by atoms with Gasteiger partial charge in [-0.2, -0.15) is 9.61 Å². The lowest BCUT2D eigenvalue weighted by Gasteiger charge is -2.35. The number of methoxy groups -OCH3 is 1. The third-order valence-electron chi connectivity index (χ3n) is 7.90. The van der Waals surface area contributed by atoms with Gasteiger partial charge in [-0.15, -0.1) is 0 Å². The zero-order valence-electron chi connectivity index (χ0n) is 19.6. The molecule has 1 unspecified atom stereocenters. The maximum atomic E-state index is 13.2. The van der Waals surface area contributed by atoms with Crippen molar-refractivity contribution in [3.63, 3.8) is 0 Å². The lowest BCUT2D eigenvalue weighted by Crippen LogP contribution is -2.51. The molecule has 2 N–H and O–H groups in total. The van der Waals surface area contributed by atoms with Crippen LogP contribution in [-0.4, -0.2) is 69.6 Å². The van der Waals surface area contributed by atoms with E-state index in [0.717, 1.165) is 54.2 Å². The minimum absolute atomic E-state index is 0.0143. The highest BCUT2D eigenvalue weighted by Crippen LogP contribution is 2.55. The van der Waals surface area contributed by atoms with E-state index in [9.17, 15) is 4.79 Å². The van der Waals surface area contributed by atoms with Crippen molar-refractivity contribution in [2.75, 3.05) is 32.7 Å². The van der Waals surface area contributed by atoms with Crippen molar-refractivity contribution in [1.82, 2.24) is 29.5 Å². The molecule has 5 atom stereocenters. The number of nitrogens with one attached hydrogen (secondary N) is 2. The second kappa shape index (κ2) is 7.76. The van der Waals surface area contributed by atoms with Gasteiger partial charge in [0.25, 0.3) is 5.91 Å². The zero-order chi connectivity index (χ0) is 23.7. The van der Waals surface area contributed by atoms with Crippen molar-refractivity contribution in [3.05, 3.63) is 42.4 Å². The van der Waals surface area contributed by atoms with Crippen LogP contribution in [0.3, 0.4) is 0 Å². The molecular formula is C25H27N7O3. The number of rotatable bonds is 6. The SMILES string of the molecule is CNc1cc(-c2cn([C@H]3[C@@H]4COC[C@@H]43)c3ncccc23)nc2c(C(=O)NC3CC[C@H]3OC)cnn12. The van der Waals surface area contributed by atoms with Crippen LogP contribution in [0.15, 0.2) is 36.8 Å². The van der Waals surface area contributed by atoms with Gasteiger partial charge in [-0.3, -0.25) is 4.79 Å². The van der Waals surface area contributed by atoms with E-state index in [1.807, 2.05) is 25.4 Å². The molecule has 10 heteroatoms. The quantitative estimate of drug-likeness (QED) is 0.443. The van der Waals surface area contributed by atoms with Crippen LogP contribution in [0.2, 0.25) is 0 Å². The Morgan fingerprint density at radius 3 is 2.83 bits per heavy atom. The molecule has 10 nitrogen and oxygen atoms in total. The molecule has 2 saturated carbocycles. The zero-order valence-corrected chi connectivity index (χ0v) is 19.6. The Morgan fingerprint density at radius 2 is 2.09 bits per heavy atom. The van der Waals surface area contributed by atoms with Crippen LogP contribution in [0, 0.1) is 11.8 Å². The van der Waals surface area contributed by atoms with Crippen molar-refractivity contribution >= 4 is 28.4 Å². The van der Waals surface area contributed by atoms with E-state index in [0.29, 0.717) is 29.1 Å². The van der Waals surface area contributed by atoms with E-state index in [4.69, 9.17) is 19.4 Å². The van der Waals surface area contributed by atoms with Gasteiger partial charge >= 0.3 is 0 Å². The maximum absolute atomic E-state index is 13.2. The van der Waals surface area contributed by atoms with E-state index in [1.165, 1.54) is 0 Å². The molecule has 0 bridgehead atoms. The van der Waals surface area contributed by atoms with Crippen molar-refractivity contribution in [1.29, 1.82) is 0 Å². The molecule has 0 radical (unpaired) electrons. The first-order valence-electron chi connectivity index (χ1n) is 12.1. The first kappa shape index (κ1) is 20.8. The molecule has 1 amide bonds. The maximum Gasteiger partial charge on any atom is 0.257 e. The predicted molar refractivity (Wildman–Crippen MR) is 129 cm³/mol. The van der Waals surface area contributed by atoms with E-state index in [2.05, 4.69) is 32.6 Å². The highest BCUT2D eigenvalue weighted by Gasteiger charge is 2.55. The second-order valence-electron chi connectivity index (χ2n) is 9.68. The molecule has 0 spiro atoms. The summed E-state index contributed by atoms with van der Waals surface area (Å²) in [4.78, 5) is 22.8. The van der Waals surface area contributed by atoms with Crippen molar-refractivity contribution in [2.24, 2.45) is 11.8 Å². The molecule has 3 aliphatic rings. The molecule has 35 heavy (non-hydrogen) atoms. The highest BCUT2D eigenvalue weighted by atomic mass is 16.5. The third-order valence-corrected chi connectivity index (χ3v) is 7.90. The standard InChI is InChI=1S/C25H27N7O3/c1-26-21-8-19(29-24-14(9-28-32(21)24)25(33)30-18-5-6-20(18)34-2)15-10-31(22-16-11-35-12-17(16)22)23-13(15)4-3-7-27-23/h3-4,7-10,16-18,20,22,26H,5-6,11-12H2,1-2H3,(H,30,33)/t16-,17+,18?,20-,22+/m1/s1. The number of fused-ring (bicyclic) bond motifs is 3. The molecule has 3 fully saturated rings. The van der Waals surface area contributed by atoms with E-state index < -0.39 is 0 Å². The highest BCUT2D eigenvalue weighted by molar-refractivity contribution is 6.01. The largest absolute Gasteiger partial charge is 0.381 e.